The van der Waals surface area contributed by atoms with E-state index in [1.54, 1.807) is 0 Å². The van der Waals surface area contributed by atoms with Crippen molar-refractivity contribution in [3.63, 3.8) is 0 Å². The van der Waals surface area contributed by atoms with Gasteiger partial charge in [-0.3, -0.25) is 4.90 Å². The Morgan fingerprint density at radius 2 is 2.00 bits per heavy atom. The van der Waals surface area contributed by atoms with Crippen molar-refractivity contribution >= 4 is 0 Å². The lowest BCUT2D eigenvalue weighted by Crippen LogP contribution is -2.49. The van der Waals surface area contributed by atoms with Gasteiger partial charge in [0.1, 0.15) is 0 Å². The zero-order valence-corrected chi connectivity index (χ0v) is 10.1. The van der Waals surface area contributed by atoms with Gasteiger partial charge in [-0.25, -0.2) is 0 Å². The van der Waals surface area contributed by atoms with Crippen molar-refractivity contribution in [3.05, 3.63) is 0 Å². The molecule has 0 saturated carbocycles. The molecule has 0 aliphatic carbocycles. The van der Waals surface area contributed by atoms with Crippen molar-refractivity contribution in [2.45, 2.75) is 52.0 Å². The topological polar surface area (TPSA) is 29.3 Å². The maximum absolute atomic E-state index is 5.81. The van der Waals surface area contributed by atoms with Gasteiger partial charge in [-0.15, -0.1) is 0 Å². The molecule has 2 heteroatoms. The van der Waals surface area contributed by atoms with Crippen molar-refractivity contribution in [3.8, 4) is 0 Å². The van der Waals surface area contributed by atoms with Crippen LogP contribution in [0.3, 0.4) is 0 Å². The van der Waals surface area contributed by atoms with Gasteiger partial charge < -0.3 is 5.73 Å². The van der Waals surface area contributed by atoms with Crippen LogP contribution < -0.4 is 5.73 Å². The van der Waals surface area contributed by atoms with E-state index in [2.05, 4.69) is 25.7 Å². The largest absolute Gasteiger partial charge is 0.329 e. The van der Waals surface area contributed by atoms with Crippen molar-refractivity contribution in [1.82, 2.24) is 4.90 Å². The lowest BCUT2D eigenvalue weighted by molar-refractivity contribution is 0.130. The third kappa shape index (κ3) is 2.96. The highest BCUT2D eigenvalue weighted by Gasteiger charge is 2.27. The second kappa shape index (κ2) is 5.13. The Kier molecular flexibility index (Phi) is 4.39. The molecule has 2 nitrogen and oxygen atoms in total. The third-order valence-electron chi connectivity index (χ3n) is 3.78. The van der Waals surface area contributed by atoms with E-state index in [0.717, 1.165) is 12.5 Å². The van der Waals surface area contributed by atoms with E-state index in [4.69, 9.17) is 5.73 Å². The van der Waals surface area contributed by atoms with Crippen LogP contribution in [-0.2, 0) is 0 Å². The fourth-order valence-corrected chi connectivity index (χ4v) is 2.31. The number of nitrogens with zero attached hydrogens (tertiary/aromatic N) is 1. The SMILES string of the molecule is CCC1CCCN(C(C)(C)CN)CC1. The number of nitrogens with two attached hydrogens (primary N) is 1. The summed E-state index contributed by atoms with van der Waals surface area (Å²) in [6.07, 6.45) is 5.46. The highest BCUT2D eigenvalue weighted by Crippen LogP contribution is 2.24. The molecule has 0 spiro atoms. The van der Waals surface area contributed by atoms with Gasteiger partial charge in [0.2, 0.25) is 0 Å². The number of hydrogen-bond donors (Lipinski definition) is 1. The Balaban J connectivity index is 2.49. The fraction of sp³-hybridized carbons (Fsp3) is 1.00. The Hall–Kier alpha value is -0.0800. The van der Waals surface area contributed by atoms with Crippen LogP contribution in [0.5, 0.6) is 0 Å². The molecule has 1 saturated heterocycles. The first kappa shape index (κ1) is 12.0. The molecule has 1 aliphatic rings. The second-order valence-corrected chi connectivity index (χ2v) is 5.21. The molecule has 1 fully saturated rings. The summed E-state index contributed by atoms with van der Waals surface area (Å²) in [6.45, 7) is 10.1. The lowest BCUT2D eigenvalue weighted by Gasteiger charge is -2.37. The van der Waals surface area contributed by atoms with Crippen LogP contribution >= 0.6 is 0 Å². The average Bonchev–Trinajstić information content (AvgIpc) is 2.42. The first-order valence-corrected chi connectivity index (χ1v) is 6.05. The summed E-state index contributed by atoms with van der Waals surface area (Å²) in [7, 11) is 0. The quantitative estimate of drug-likeness (QED) is 0.753. The molecule has 0 aromatic heterocycles. The first-order chi connectivity index (χ1) is 6.60. The molecule has 84 valence electrons. The summed E-state index contributed by atoms with van der Waals surface area (Å²) in [4.78, 5) is 2.57. The number of rotatable bonds is 3. The van der Waals surface area contributed by atoms with Gasteiger partial charge in [-0.1, -0.05) is 13.3 Å². The van der Waals surface area contributed by atoms with Crippen LogP contribution in [0.4, 0.5) is 0 Å². The summed E-state index contributed by atoms with van der Waals surface area (Å²) >= 11 is 0. The molecular formula is C12H26N2. The fourth-order valence-electron chi connectivity index (χ4n) is 2.31. The predicted octanol–water partition coefficient (Wildman–Crippen LogP) is 2.24. The van der Waals surface area contributed by atoms with Crippen molar-refractivity contribution < 1.29 is 0 Å². The molecule has 0 bridgehead atoms. The highest BCUT2D eigenvalue weighted by atomic mass is 15.2. The number of hydrogen-bond acceptors (Lipinski definition) is 2. The van der Waals surface area contributed by atoms with Gasteiger partial charge in [0.25, 0.3) is 0 Å². The van der Waals surface area contributed by atoms with Crippen LogP contribution in [0, 0.1) is 5.92 Å². The summed E-state index contributed by atoms with van der Waals surface area (Å²) < 4.78 is 0. The molecule has 0 aromatic carbocycles. The van der Waals surface area contributed by atoms with Crippen LogP contribution in [-0.4, -0.2) is 30.1 Å². The van der Waals surface area contributed by atoms with Crippen LogP contribution in [0.1, 0.15) is 46.5 Å². The van der Waals surface area contributed by atoms with Crippen LogP contribution in [0.25, 0.3) is 0 Å². The monoisotopic (exact) mass is 198 g/mol. The standard InChI is InChI=1S/C12H26N2/c1-4-11-6-5-8-14(9-7-11)12(2,3)10-13/h11H,4-10,13H2,1-3H3. The molecule has 1 aliphatic heterocycles. The normalized spacial score (nSPS) is 26.1. The Morgan fingerprint density at radius 3 is 2.57 bits per heavy atom. The average molecular weight is 198 g/mol. The molecule has 0 amide bonds. The van der Waals surface area contributed by atoms with E-state index >= 15 is 0 Å². The molecule has 1 atom stereocenters. The molecule has 1 unspecified atom stereocenters. The van der Waals surface area contributed by atoms with Crippen LogP contribution in [0.15, 0.2) is 0 Å². The maximum atomic E-state index is 5.81. The van der Waals surface area contributed by atoms with E-state index in [1.807, 2.05) is 0 Å². The molecule has 2 N–H and O–H groups in total. The van der Waals surface area contributed by atoms with Gasteiger partial charge in [0.15, 0.2) is 0 Å². The van der Waals surface area contributed by atoms with Gasteiger partial charge in [0, 0.05) is 12.1 Å². The summed E-state index contributed by atoms with van der Waals surface area (Å²) in [5.41, 5.74) is 6.01. The Labute approximate surface area is 88.8 Å². The van der Waals surface area contributed by atoms with E-state index in [0.29, 0.717) is 0 Å². The minimum Gasteiger partial charge on any atom is -0.329 e. The van der Waals surface area contributed by atoms with Crippen molar-refractivity contribution in [2.75, 3.05) is 19.6 Å². The molecule has 1 rings (SSSR count). The number of likely N-dealkylation sites (tertiary alicyclic amines) is 1. The first-order valence-electron chi connectivity index (χ1n) is 6.05. The smallest absolute Gasteiger partial charge is 0.0275 e. The van der Waals surface area contributed by atoms with E-state index in [9.17, 15) is 0 Å². The Bertz CT molecular complexity index is 166. The van der Waals surface area contributed by atoms with E-state index in [-0.39, 0.29) is 5.54 Å². The van der Waals surface area contributed by atoms with Gasteiger partial charge >= 0.3 is 0 Å². The zero-order valence-electron chi connectivity index (χ0n) is 10.1. The zero-order chi connectivity index (χ0) is 10.6. The van der Waals surface area contributed by atoms with Crippen molar-refractivity contribution in [2.24, 2.45) is 11.7 Å². The maximum Gasteiger partial charge on any atom is 0.0275 e. The molecule has 0 radical (unpaired) electrons. The molecule has 0 aromatic rings. The molecule has 14 heavy (non-hydrogen) atoms. The summed E-state index contributed by atoms with van der Waals surface area (Å²) in [5, 5.41) is 0. The lowest BCUT2D eigenvalue weighted by atomic mass is 9.98. The van der Waals surface area contributed by atoms with Crippen LogP contribution in [0.2, 0.25) is 0 Å². The molecule has 1 heterocycles. The van der Waals surface area contributed by atoms with E-state index < -0.39 is 0 Å². The second-order valence-electron chi connectivity index (χ2n) is 5.21. The third-order valence-corrected chi connectivity index (χ3v) is 3.78. The predicted molar refractivity (Wildman–Crippen MR) is 62.3 cm³/mol. The highest BCUT2D eigenvalue weighted by molar-refractivity contribution is 4.84. The van der Waals surface area contributed by atoms with E-state index in [1.165, 1.54) is 38.8 Å². The van der Waals surface area contributed by atoms with Gasteiger partial charge in [0.05, 0.1) is 0 Å². The summed E-state index contributed by atoms with van der Waals surface area (Å²) in [5.74, 6) is 0.952. The minimum atomic E-state index is 0.197. The van der Waals surface area contributed by atoms with Crippen molar-refractivity contribution in [1.29, 1.82) is 0 Å². The molecular weight excluding hydrogens is 172 g/mol. The summed E-state index contributed by atoms with van der Waals surface area (Å²) in [6, 6.07) is 0. The van der Waals surface area contributed by atoms with Gasteiger partial charge in [-0.2, -0.15) is 0 Å². The minimum absolute atomic E-state index is 0.197. The Morgan fingerprint density at radius 1 is 1.29 bits per heavy atom. The van der Waals surface area contributed by atoms with Gasteiger partial charge in [-0.05, 0) is 52.1 Å².